The summed E-state index contributed by atoms with van der Waals surface area (Å²) in [4.78, 5) is 25.5. The molecule has 7 nitrogen and oxygen atoms in total. The maximum atomic E-state index is 12.5. The van der Waals surface area contributed by atoms with Crippen molar-refractivity contribution in [2.24, 2.45) is 0 Å². The Kier molecular flexibility index (Phi) is 5.45. The summed E-state index contributed by atoms with van der Waals surface area (Å²) in [7, 11) is 0. The number of pyridine rings is 1. The van der Waals surface area contributed by atoms with E-state index in [4.69, 9.17) is 11.6 Å². The molecule has 0 unspecified atom stereocenters. The van der Waals surface area contributed by atoms with Gasteiger partial charge in [0.1, 0.15) is 5.52 Å². The third-order valence-corrected chi connectivity index (χ3v) is 5.37. The summed E-state index contributed by atoms with van der Waals surface area (Å²) in [5, 5.41) is 3.48. The lowest BCUT2D eigenvalue weighted by molar-refractivity contribution is 0.144. The van der Waals surface area contributed by atoms with Gasteiger partial charge in [-0.1, -0.05) is 17.7 Å². The van der Waals surface area contributed by atoms with Gasteiger partial charge in [-0.15, -0.1) is 0 Å². The minimum Gasteiger partial charge on any atom is -0.322 e. The molecule has 1 saturated heterocycles. The quantitative estimate of drug-likeness (QED) is 0.732. The lowest BCUT2D eigenvalue weighted by Crippen LogP contribution is -2.50. The molecule has 1 fully saturated rings. The predicted molar refractivity (Wildman–Crippen MR) is 111 cm³/mol. The van der Waals surface area contributed by atoms with E-state index in [1.807, 2.05) is 48.5 Å². The van der Waals surface area contributed by atoms with Crippen LogP contribution in [0.25, 0.3) is 11.2 Å². The van der Waals surface area contributed by atoms with Crippen LogP contribution in [-0.4, -0.2) is 63.1 Å². The van der Waals surface area contributed by atoms with Crippen molar-refractivity contribution in [3.63, 3.8) is 0 Å². The Hall–Kier alpha value is -2.64. The molecule has 146 valence electrons. The van der Waals surface area contributed by atoms with Crippen LogP contribution in [0.4, 0.5) is 10.5 Å². The van der Waals surface area contributed by atoms with Gasteiger partial charge in [-0.05, 0) is 36.8 Å². The molecule has 0 spiro atoms. The molecule has 2 amide bonds. The number of fused-ring (bicyclic) bond motifs is 1. The lowest BCUT2D eigenvalue weighted by atomic mass is 10.2. The fourth-order valence-electron chi connectivity index (χ4n) is 3.40. The molecule has 0 bridgehead atoms. The van der Waals surface area contributed by atoms with Crippen LogP contribution >= 0.6 is 11.6 Å². The monoisotopic (exact) mass is 398 g/mol. The van der Waals surface area contributed by atoms with Gasteiger partial charge in [0.25, 0.3) is 0 Å². The normalized spacial score (nSPS) is 15.1. The summed E-state index contributed by atoms with van der Waals surface area (Å²) in [5.74, 6) is 0. The van der Waals surface area contributed by atoms with Gasteiger partial charge in [-0.2, -0.15) is 0 Å². The minimum atomic E-state index is -0.102. The van der Waals surface area contributed by atoms with Gasteiger partial charge >= 0.3 is 6.03 Å². The van der Waals surface area contributed by atoms with Crippen molar-refractivity contribution < 1.29 is 4.79 Å². The molecule has 2 aromatic heterocycles. The van der Waals surface area contributed by atoms with Crippen molar-refractivity contribution in [1.29, 1.82) is 0 Å². The summed E-state index contributed by atoms with van der Waals surface area (Å²) in [5.41, 5.74) is 3.55. The highest BCUT2D eigenvalue weighted by molar-refractivity contribution is 6.33. The number of nitrogens with zero attached hydrogens (tertiary/aromatic N) is 5. The molecule has 1 N–H and O–H groups in total. The number of anilines is 1. The Morgan fingerprint density at radius 1 is 1.14 bits per heavy atom. The van der Waals surface area contributed by atoms with Crippen LogP contribution in [0.1, 0.15) is 5.56 Å². The first kappa shape index (κ1) is 18.7. The Bertz CT molecular complexity index is 980. The van der Waals surface area contributed by atoms with Crippen LogP contribution in [0.5, 0.6) is 0 Å². The molecule has 28 heavy (non-hydrogen) atoms. The van der Waals surface area contributed by atoms with Gasteiger partial charge in [0, 0.05) is 45.5 Å². The molecular weight excluding hydrogens is 376 g/mol. The van der Waals surface area contributed by atoms with Crippen LogP contribution < -0.4 is 5.32 Å². The molecule has 3 heterocycles. The van der Waals surface area contributed by atoms with E-state index >= 15 is 0 Å². The summed E-state index contributed by atoms with van der Waals surface area (Å²) < 4.78 is 2.08. The van der Waals surface area contributed by atoms with Crippen molar-refractivity contribution in [3.05, 3.63) is 53.4 Å². The van der Waals surface area contributed by atoms with E-state index in [-0.39, 0.29) is 6.03 Å². The number of benzene rings is 1. The molecule has 1 aliphatic heterocycles. The number of rotatable bonds is 4. The highest BCUT2D eigenvalue weighted by Gasteiger charge is 2.21. The van der Waals surface area contributed by atoms with Gasteiger partial charge in [0.2, 0.25) is 0 Å². The molecule has 3 aromatic rings. The third kappa shape index (κ3) is 4.10. The van der Waals surface area contributed by atoms with Gasteiger partial charge < -0.3 is 14.8 Å². The van der Waals surface area contributed by atoms with E-state index in [0.29, 0.717) is 23.8 Å². The number of hydrogen-bond donors (Lipinski definition) is 1. The van der Waals surface area contributed by atoms with Gasteiger partial charge in [-0.3, -0.25) is 4.90 Å². The predicted octanol–water partition coefficient (Wildman–Crippen LogP) is 3.24. The van der Waals surface area contributed by atoms with Crippen molar-refractivity contribution in [2.45, 2.75) is 13.5 Å². The fraction of sp³-hybridized carbons (Fsp3) is 0.350. The van der Waals surface area contributed by atoms with Crippen LogP contribution in [0.2, 0.25) is 5.02 Å². The SMILES string of the molecule is Cc1ccc(NC(=O)N2CCN(CCn3cnc4cccnc43)CC2)c(Cl)c1. The summed E-state index contributed by atoms with van der Waals surface area (Å²) in [6.07, 6.45) is 3.63. The zero-order valence-corrected chi connectivity index (χ0v) is 16.6. The molecule has 0 aliphatic carbocycles. The number of hydrogen-bond acceptors (Lipinski definition) is 4. The number of aryl methyl sites for hydroxylation is 1. The Morgan fingerprint density at radius 3 is 2.75 bits per heavy atom. The first-order valence-corrected chi connectivity index (χ1v) is 9.78. The average Bonchev–Trinajstić information content (AvgIpc) is 3.12. The zero-order chi connectivity index (χ0) is 19.5. The smallest absolute Gasteiger partial charge is 0.321 e. The van der Waals surface area contributed by atoms with Crippen LogP contribution in [0, 0.1) is 6.92 Å². The van der Waals surface area contributed by atoms with Crippen molar-refractivity contribution >= 4 is 34.5 Å². The number of amides is 2. The molecule has 0 saturated carbocycles. The maximum Gasteiger partial charge on any atom is 0.321 e. The van der Waals surface area contributed by atoms with Crippen molar-refractivity contribution in [3.8, 4) is 0 Å². The van der Waals surface area contributed by atoms with Crippen LogP contribution in [0.3, 0.4) is 0 Å². The molecule has 4 rings (SSSR count). The first-order valence-electron chi connectivity index (χ1n) is 9.40. The van der Waals surface area contributed by atoms with Crippen LogP contribution in [0.15, 0.2) is 42.9 Å². The number of imidazole rings is 1. The molecule has 0 atom stereocenters. The highest BCUT2D eigenvalue weighted by atomic mass is 35.5. The fourth-order valence-corrected chi connectivity index (χ4v) is 3.68. The number of nitrogens with one attached hydrogen (secondary N) is 1. The molecule has 0 radical (unpaired) electrons. The lowest BCUT2D eigenvalue weighted by Gasteiger charge is -2.34. The Labute approximate surface area is 168 Å². The number of piperazine rings is 1. The van der Waals surface area contributed by atoms with E-state index in [1.165, 1.54) is 0 Å². The summed E-state index contributed by atoms with van der Waals surface area (Å²) in [6.45, 7) is 6.78. The van der Waals surface area contributed by atoms with E-state index in [2.05, 4.69) is 24.8 Å². The number of aromatic nitrogens is 3. The summed E-state index contributed by atoms with van der Waals surface area (Å²) in [6, 6.07) is 9.40. The maximum absolute atomic E-state index is 12.5. The van der Waals surface area contributed by atoms with Gasteiger partial charge in [0.05, 0.1) is 17.0 Å². The Morgan fingerprint density at radius 2 is 1.96 bits per heavy atom. The standard InChI is InChI=1S/C20H23ClN6O/c1-15-4-5-17(16(21)13-15)24-20(28)26-10-7-25(8-11-26)9-12-27-14-23-18-3-2-6-22-19(18)27/h2-6,13-14H,7-12H2,1H3,(H,24,28). The van der Waals surface area contributed by atoms with E-state index < -0.39 is 0 Å². The van der Waals surface area contributed by atoms with Gasteiger partial charge in [-0.25, -0.2) is 14.8 Å². The van der Waals surface area contributed by atoms with Crippen LogP contribution in [-0.2, 0) is 6.54 Å². The second-order valence-corrected chi connectivity index (χ2v) is 7.43. The summed E-state index contributed by atoms with van der Waals surface area (Å²) >= 11 is 6.21. The van der Waals surface area contributed by atoms with Crippen molar-refractivity contribution in [2.75, 3.05) is 38.0 Å². The van der Waals surface area contributed by atoms with E-state index in [9.17, 15) is 4.79 Å². The topological polar surface area (TPSA) is 66.3 Å². The largest absolute Gasteiger partial charge is 0.322 e. The molecule has 1 aromatic carbocycles. The zero-order valence-electron chi connectivity index (χ0n) is 15.8. The number of carbonyl (C=O) groups is 1. The number of halogens is 1. The second-order valence-electron chi connectivity index (χ2n) is 7.03. The van der Waals surface area contributed by atoms with E-state index in [1.54, 1.807) is 6.20 Å². The third-order valence-electron chi connectivity index (χ3n) is 5.06. The number of urea groups is 1. The minimum absolute atomic E-state index is 0.102. The average molecular weight is 399 g/mol. The Balaban J connectivity index is 1.27. The van der Waals surface area contributed by atoms with Crippen molar-refractivity contribution in [1.82, 2.24) is 24.3 Å². The molecule has 1 aliphatic rings. The molecular formula is C20H23ClN6O. The second kappa shape index (κ2) is 8.16. The highest BCUT2D eigenvalue weighted by Crippen LogP contribution is 2.23. The van der Waals surface area contributed by atoms with E-state index in [0.717, 1.165) is 42.9 Å². The molecule has 8 heteroatoms. The van der Waals surface area contributed by atoms with Gasteiger partial charge in [0.15, 0.2) is 5.65 Å². The number of carbonyl (C=O) groups excluding carboxylic acids is 1. The first-order chi connectivity index (χ1) is 13.6.